The van der Waals surface area contributed by atoms with Crippen molar-refractivity contribution < 1.29 is 24.2 Å². The fourth-order valence-electron chi connectivity index (χ4n) is 2.01. The van der Waals surface area contributed by atoms with Gasteiger partial charge in [0.15, 0.2) is 0 Å². The Morgan fingerprint density at radius 1 is 1.04 bits per heavy atom. The lowest BCUT2D eigenvalue weighted by molar-refractivity contribution is -0.131. The minimum absolute atomic E-state index is 0.353. The number of hydrogen-bond donors (Lipinski definition) is 3. The van der Waals surface area contributed by atoms with Gasteiger partial charge in [0.05, 0.1) is 12.8 Å². The van der Waals surface area contributed by atoms with Gasteiger partial charge in [0.2, 0.25) is 5.91 Å². The van der Waals surface area contributed by atoms with Gasteiger partial charge in [0, 0.05) is 28.4 Å². The SMILES string of the molecule is COc1ccc(Cl)cc1NC(=O)c1ccc(NC(=O)/C=C\C(=O)O)cc1. The van der Waals surface area contributed by atoms with Gasteiger partial charge in [-0.3, -0.25) is 9.59 Å². The van der Waals surface area contributed by atoms with E-state index in [1.807, 2.05) is 0 Å². The fourth-order valence-corrected chi connectivity index (χ4v) is 2.18. The Morgan fingerprint density at radius 2 is 1.73 bits per heavy atom. The summed E-state index contributed by atoms with van der Waals surface area (Å²) in [5.41, 5.74) is 1.20. The smallest absolute Gasteiger partial charge is 0.328 e. The molecule has 2 aromatic rings. The molecule has 0 saturated heterocycles. The molecule has 0 bridgehead atoms. The number of amides is 2. The van der Waals surface area contributed by atoms with E-state index in [1.54, 1.807) is 18.2 Å². The van der Waals surface area contributed by atoms with E-state index in [9.17, 15) is 14.4 Å². The molecule has 0 atom stereocenters. The average molecular weight is 375 g/mol. The summed E-state index contributed by atoms with van der Waals surface area (Å²) in [6.45, 7) is 0. The second-order valence-corrected chi connectivity index (χ2v) is 5.47. The van der Waals surface area contributed by atoms with E-state index in [1.165, 1.54) is 31.4 Å². The van der Waals surface area contributed by atoms with Gasteiger partial charge in [0.25, 0.3) is 5.91 Å². The molecule has 0 spiro atoms. The van der Waals surface area contributed by atoms with Crippen LogP contribution >= 0.6 is 11.6 Å². The van der Waals surface area contributed by atoms with Crippen LogP contribution in [0.15, 0.2) is 54.6 Å². The van der Waals surface area contributed by atoms with Crippen molar-refractivity contribution in [2.75, 3.05) is 17.7 Å². The summed E-state index contributed by atoms with van der Waals surface area (Å²) in [5.74, 6) is -1.72. The molecular formula is C18H15ClN2O5. The highest BCUT2D eigenvalue weighted by Gasteiger charge is 2.10. The summed E-state index contributed by atoms with van der Waals surface area (Å²) in [5, 5.41) is 14.1. The number of anilines is 2. The van der Waals surface area contributed by atoms with E-state index in [2.05, 4.69) is 10.6 Å². The number of carboxylic acids is 1. The van der Waals surface area contributed by atoms with E-state index < -0.39 is 11.9 Å². The van der Waals surface area contributed by atoms with Crippen LogP contribution in [0.2, 0.25) is 5.02 Å². The fraction of sp³-hybridized carbons (Fsp3) is 0.0556. The average Bonchev–Trinajstić information content (AvgIpc) is 2.61. The van der Waals surface area contributed by atoms with Gasteiger partial charge in [-0.2, -0.15) is 0 Å². The Balaban J connectivity index is 2.06. The highest BCUT2D eigenvalue weighted by Crippen LogP contribution is 2.28. The highest BCUT2D eigenvalue weighted by molar-refractivity contribution is 6.31. The lowest BCUT2D eigenvalue weighted by atomic mass is 10.2. The molecule has 0 heterocycles. The third kappa shape index (κ3) is 5.35. The molecule has 2 aromatic carbocycles. The number of carbonyl (C=O) groups is 3. The van der Waals surface area contributed by atoms with Crippen LogP contribution in [0.1, 0.15) is 10.4 Å². The molecule has 0 saturated carbocycles. The molecule has 26 heavy (non-hydrogen) atoms. The number of methoxy groups -OCH3 is 1. The molecule has 0 aliphatic carbocycles. The van der Waals surface area contributed by atoms with Crippen molar-refractivity contribution >= 4 is 40.8 Å². The lowest BCUT2D eigenvalue weighted by Gasteiger charge is -2.11. The number of aliphatic carboxylic acids is 1. The van der Waals surface area contributed by atoms with Crippen molar-refractivity contribution in [1.82, 2.24) is 0 Å². The highest BCUT2D eigenvalue weighted by atomic mass is 35.5. The van der Waals surface area contributed by atoms with Crippen LogP contribution in [0.5, 0.6) is 5.75 Å². The second kappa shape index (κ2) is 8.68. The number of hydrogen-bond acceptors (Lipinski definition) is 4. The number of nitrogens with one attached hydrogen (secondary N) is 2. The first-order valence-corrected chi connectivity index (χ1v) is 7.74. The molecule has 0 aliphatic heterocycles. The maximum Gasteiger partial charge on any atom is 0.328 e. The van der Waals surface area contributed by atoms with Gasteiger partial charge in [0.1, 0.15) is 5.75 Å². The van der Waals surface area contributed by atoms with Crippen LogP contribution in [0, 0.1) is 0 Å². The number of halogens is 1. The Bertz CT molecular complexity index is 862. The quantitative estimate of drug-likeness (QED) is 0.673. The van der Waals surface area contributed by atoms with Crippen LogP contribution in [-0.4, -0.2) is 30.0 Å². The van der Waals surface area contributed by atoms with E-state index in [0.717, 1.165) is 12.2 Å². The maximum absolute atomic E-state index is 12.3. The first-order chi connectivity index (χ1) is 12.4. The van der Waals surface area contributed by atoms with Gasteiger partial charge in [-0.15, -0.1) is 0 Å². The standard InChI is InChI=1S/C18H15ClN2O5/c1-26-15-7-4-12(19)10-14(15)21-18(25)11-2-5-13(6-3-11)20-16(22)8-9-17(23)24/h2-10H,1H3,(H,20,22)(H,21,25)(H,23,24)/b9-8-. The molecule has 134 valence electrons. The van der Waals surface area contributed by atoms with Gasteiger partial charge in [-0.1, -0.05) is 11.6 Å². The zero-order valence-electron chi connectivity index (χ0n) is 13.7. The molecule has 0 unspecified atom stereocenters. The summed E-state index contributed by atoms with van der Waals surface area (Å²) in [7, 11) is 1.48. The molecule has 8 heteroatoms. The van der Waals surface area contributed by atoms with Crippen LogP contribution in [-0.2, 0) is 9.59 Å². The number of rotatable bonds is 6. The van der Waals surface area contributed by atoms with Gasteiger partial charge < -0.3 is 20.5 Å². The molecule has 0 aliphatic rings. The topological polar surface area (TPSA) is 105 Å². The van der Waals surface area contributed by atoms with Crippen molar-refractivity contribution in [3.63, 3.8) is 0 Å². The molecular weight excluding hydrogens is 360 g/mol. The van der Waals surface area contributed by atoms with Crippen molar-refractivity contribution in [2.24, 2.45) is 0 Å². The molecule has 0 radical (unpaired) electrons. The number of carboxylic acid groups (broad SMARTS) is 1. The van der Waals surface area contributed by atoms with Crippen molar-refractivity contribution in [3.05, 3.63) is 65.2 Å². The second-order valence-electron chi connectivity index (χ2n) is 5.04. The Morgan fingerprint density at radius 3 is 2.35 bits per heavy atom. The number of benzene rings is 2. The largest absolute Gasteiger partial charge is 0.495 e. The third-order valence-corrected chi connectivity index (χ3v) is 3.44. The summed E-state index contributed by atoms with van der Waals surface area (Å²) in [4.78, 5) is 34.2. The Kier molecular flexibility index (Phi) is 6.35. The Labute approximate surface area is 154 Å². The summed E-state index contributed by atoms with van der Waals surface area (Å²) in [6, 6.07) is 10.9. The number of carbonyl (C=O) groups excluding carboxylic acids is 2. The Hall–Kier alpha value is -3.32. The summed E-state index contributed by atoms with van der Waals surface area (Å²) in [6.07, 6.45) is 1.63. The molecule has 3 N–H and O–H groups in total. The minimum atomic E-state index is -1.22. The molecule has 2 amide bonds. The van der Waals surface area contributed by atoms with Crippen LogP contribution in [0.25, 0.3) is 0 Å². The zero-order valence-corrected chi connectivity index (χ0v) is 14.4. The molecule has 0 aromatic heterocycles. The van der Waals surface area contributed by atoms with Crippen molar-refractivity contribution in [1.29, 1.82) is 0 Å². The van der Waals surface area contributed by atoms with E-state index in [0.29, 0.717) is 27.7 Å². The van der Waals surface area contributed by atoms with Gasteiger partial charge in [-0.05, 0) is 42.5 Å². The molecule has 2 rings (SSSR count). The summed E-state index contributed by atoms with van der Waals surface area (Å²) < 4.78 is 5.17. The van der Waals surface area contributed by atoms with Crippen LogP contribution in [0.3, 0.4) is 0 Å². The van der Waals surface area contributed by atoms with Crippen LogP contribution < -0.4 is 15.4 Å². The summed E-state index contributed by atoms with van der Waals surface area (Å²) >= 11 is 5.93. The van der Waals surface area contributed by atoms with E-state index in [4.69, 9.17) is 21.4 Å². The molecule has 7 nitrogen and oxygen atoms in total. The third-order valence-electron chi connectivity index (χ3n) is 3.20. The predicted octanol–water partition coefficient (Wildman–Crippen LogP) is 3.18. The van der Waals surface area contributed by atoms with E-state index >= 15 is 0 Å². The van der Waals surface area contributed by atoms with E-state index in [-0.39, 0.29) is 5.91 Å². The minimum Gasteiger partial charge on any atom is -0.495 e. The first-order valence-electron chi connectivity index (χ1n) is 7.36. The molecule has 0 fully saturated rings. The normalized spacial score (nSPS) is 10.4. The van der Waals surface area contributed by atoms with Crippen molar-refractivity contribution in [3.8, 4) is 5.75 Å². The van der Waals surface area contributed by atoms with Crippen LogP contribution in [0.4, 0.5) is 11.4 Å². The predicted molar refractivity (Wildman–Crippen MR) is 97.8 cm³/mol. The maximum atomic E-state index is 12.3. The van der Waals surface area contributed by atoms with Gasteiger partial charge in [-0.25, -0.2) is 4.79 Å². The van der Waals surface area contributed by atoms with Crippen molar-refractivity contribution in [2.45, 2.75) is 0 Å². The number of ether oxygens (including phenoxy) is 1. The van der Waals surface area contributed by atoms with Gasteiger partial charge >= 0.3 is 5.97 Å². The first kappa shape index (κ1) is 19.0. The zero-order chi connectivity index (χ0) is 19.1. The lowest BCUT2D eigenvalue weighted by Crippen LogP contribution is -2.13. The monoisotopic (exact) mass is 374 g/mol.